The Labute approximate surface area is 136 Å². The maximum atomic E-state index is 12.2. The number of halogens is 1. The molecule has 1 unspecified atom stereocenters. The Morgan fingerprint density at radius 2 is 2.05 bits per heavy atom. The van der Waals surface area contributed by atoms with Crippen LogP contribution >= 0.6 is 15.9 Å². The summed E-state index contributed by atoms with van der Waals surface area (Å²) in [7, 11) is 0. The van der Waals surface area contributed by atoms with Crippen molar-refractivity contribution in [2.75, 3.05) is 26.2 Å². The van der Waals surface area contributed by atoms with Gasteiger partial charge >= 0.3 is 0 Å². The highest BCUT2D eigenvalue weighted by Crippen LogP contribution is 2.17. The van der Waals surface area contributed by atoms with Gasteiger partial charge in [0.25, 0.3) is 5.91 Å². The molecule has 0 spiro atoms. The number of nitrogens with zero attached hydrogens (tertiary/aromatic N) is 1. The number of likely N-dealkylation sites (tertiary alicyclic amines) is 1. The van der Waals surface area contributed by atoms with Gasteiger partial charge in [-0.3, -0.25) is 4.79 Å². The third-order valence-electron chi connectivity index (χ3n) is 4.05. The summed E-state index contributed by atoms with van der Waals surface area (Å²) in [5.74, 6) is 0.514. The molecule has 1 aliphatic rings. The maximum absolute atomic E-state index is 12.2. The van der Waals surface area contributed by atoms with Crippen LogP contribution in [0.2, 0.25) is 0 Å². The molecule has 1 saturated heterocycles. The number of rotatable bonds is 5. The fourth-order valence-electron chi connectivity index (χ4n) is 2.80. The van der Waals surface area contributed by atoms with E-state index in [1.807, 2.05) is 25.1 Å². The monoisotopic (exact) mass is 352 g/mol. The second-order valence-corrected chi connectivity index (χ2v) is 6.99. The summed E-state index contributed by atoms with van der Waals surface area (Å²) in [5, 5.41) is 3.05. The van der Waals surface area contributed by atoms with Gasteiger partial charge < -0.3 is 10.2 Å². The molecule has 1 N–H and O–H groups in total. The molecule has 1 amide bonds. The number of carbonyl (C=O) groups excluding carboxylic acids is 1. The highest BCUT2D eigenvalue weighted by atomic mass is 79.9. The molecule has 21 heavy (non-hydrogen) atoms. The average molecular weight is 353 g/mol. The molecule has 1 atom stereocenters. The Kier molecular flexibility index (Phi) is 6.24. The summed E-state index contributed by atoms with van der Waals surface area (Å²) in [5.41, 5.74) is 1.82. The summed E-state index contributed by atoms with van der Waals surface area (Å²) < 4.78 is 1.04. The molecule has 4 heteroatoms. The first-order chi connectivity index (χ1) is 10.1. The van der Waals surface area contributed by atoms with Crippen LogP contribution in [-0.2, 0) is 0 Å². The van der Waals surface area contributed by atoms with E-state index >= 15 is 0 Å². The molecule has 2 rings (SSSR count). The van der Waals surface area contributed by atoms with Crippen molar-refractivity contribution in [3.63, 3.8) is 0 Å². The zero-order valence-corrected chi connectivity index (χ0v) is 14.6. The van der Waals surface area contributed by atoms with Crippen LogP contribution in [0.25, 0.3) is 0 Å². The lowest BCUT2D eigenvalue weighted by atomic mass is 10.1. The van der Waals surface area contributed by atoms with Crippen LogP contribution in [-0.4, -0.2) is 37.0 Å². The van der Waals surface area contributed by atoms with E-state index in [9.17, 15) is 4.79 Å². The van der Waals surface area contributed by atoms with Crippen molar-refractivity contribution < 1.29 is 4.79 Å². The van der Waals surface area contributed by atoms with E-state index in [4.69, 9.17) is 0 Å². The average Bonchev–Trinajstić information content (AvgIpc) is 2.48. The standard InChI is InChI=1S/C17H25BrN2O/c1-13(12-20-8-4-3-5-9-20)11-19-17(21)15-6-7-16(18)14(2)10-15/h6-7,10,13H,3-5,8-9,11-12H2,1-2H3,(H,19,21). The van der Waals surface area contributed by atoms with Crippen LogP contribution in [0.3, 0.4) is 0 Å². The lowest BCUT2D eigenvalue weighted by molar-refractivity contribution is 0.0942. The minimum Gasteiger partial charge on any atom is -0.352 e. The minimum absolute atomic E-state index is 0.0242. The molecule has 3 nitrogen and oxygen atoms in total. The van der Waals surface area contributed by atoms with E-state index in [2.05, 4.69) is 33.1 Å². The SMILES string of the molecule is Cc1cc(C(=O)NCC(C)CN2CCCCC2)ccc1Br. The highest BCUT2D eigenvalue weighted by Gasteiger charge is 2.14. The zero-order valence-electron chi connectivity index (χ0n) is 13.0. The molecule has 116 valence electrons. The molecule has 1 heterocycles. The topological polar surface area (TPSA) is 32.3 Å². The molecular formula is C17H25BrN2O. The summed E-state index contributed by atoms with van der Waals surface area (Å²) in [6, 6.07) is 5.72. The van der Waals surface area contributed by atoms with Gasteiger partial charge in [-0.05, 0) is 62.5 Å². The first-order valence-corrected chi connectivity index (χ1v) is 8.62. The van der Waals surface area contributed by atoms with Gasteiger partial charge in [-0.15, -0.1) is 0 Å². The van der Waals surface area contributed by atoms with E-state index in [-0.39, 0.29) is 5.91 Å². The van der Waals surface area contributed by atoms with E-state index in [0.717, 1.165) is 28.7 Å². The van der Waals surface area contributed by atoms with E-state index < -0.39 is 0 Å². The van der Waals surface area contributed by atoms with Gasteiger partial charge in [0.05, 0.1) is 0 Å². The smallest absolute Gasteiger partial charge is 0.251 e. The number of carbonyl (C=O) groups is 1. The van der Waals surface area contributed by atoms with E-state index in [0.29, 0.717) is 5.92 Å². The quantitative estimate of drug-likeness (QED) is 0.877. The Balaban J connectivity index is 1.78. The summed E-state index contributed by atoms with van der Waals surface area (Å²) in [6.07, 6.45) is 4.00. The van der Waals surface area contributed by atoms with Crippen LogP contribution in [0.1, 0.15) is 42.1 Å². The van der Waals surface area contributed by atoms with Crippen molar-refractivity contribution in [3.05, 3.63) is 33.8 Å². The van der Waals surface area contributed by atoms with Crippen LogP contribution in [0, 0.1) is 12.8 Å². The van der Waals surface area contributed by atoms with Gasteiger partial charge in [-0.1, -0.05) is 29.3 Å². The molecule has 0 saturated carbocycles. The van der Waals surface area contributed by atoms with Crippen molar-refractivity contribution in [1.82, 2.24) is 10.2 Å². The van der Waals surface area contributed by atoms with Crippen LogP contribution in [0.15, 0.2) is 22.7 Å². The molecule has 1 aromatic rings. The van der Waals surface area contributed by atoms with Crippen molar-refractivity contribution in [3.8, 4) is 0 Å². The molecule has 0 aromatic heterocycles. The predicted octanol–water partition coefficient (Wildman–Crippen LogP) is 3.61. The Morgan fingerprint density at radius 3 is 2.71 bits per heavy atom. The second kappa shape index (κ2) is 7.95. The fourth-order valence-corrected chi connectivity index (χ4v) is 3.05. The molecule has 1 fully saturated rings. The van der Waals surface area contributed by atoms with Crippen LogP contribution in [0.4, 0.5) is 0 Å². The zero-order chi connectivity index (χ0) is 15.2. The molecule has 1 aromatic carbocycles. The first-order valence-electron chi connectivity index (χ1n) is 7.83. The molecule has 1 aliphatic heterocycles. The number of amides is 1. The predicted molar refractivity (Wildman–Crippen MR) is 90.7 cm³/mol. The van der Waals surface area contributed by atoms with Gasteiger partial charge in [-0.25, -0.2) is 0 Å². The van der Waals surface area contributed by atoms with Crippen LogP contribution in [0.5, 0.6) is 0 Å². The molecule has 0 bridgehead atoms. The van der Waals surface area contributed by atoms with Gasteiger partial charge in [0, 0.05) is 23.1 Å². The number of hydrogen-bond acceptors (Lipinski definition) is 2. The van der Waals surface area contributed by atoms with E-state index in [1.54, 1.807) is 0 Å². The molecular weight excluding hydrogens is 328 g/mol. The lowest BCUT2D eigenvalue weighted by Crippen LogP contribution is -2.38. The van der Waals surface area contributed by atoms with Gasteiger partial charge in [0.2, 0.25) is 0 Å². The Morgan fingerprint density at radius 1 is 1.33 bits per heavy atom. The van der Waals surface area contributed by atoms with Gasteiger partial charge in [0.15, 0.2) is 0 Å². The fraction of sp³-hybridized carbons (Fsp3) is 0.588. The third kappa shape index (κ3) is 5.11. The van der Waals surface area contributed by atoms with Gasteiger partial charge in [-0.2, -0.15) is 0 Å². The van der Waals surface area contributed by atoms with Gasteiger partial charge in [0.1, 0.15) is 0 Å². The lowest BCUT2D eigenvalue weighted by Gasteiger charge is -2.29. The minimum atomic E-state index is 0.0242. The number of nitrogens with one attached hydrogen (secondary N) is 1. The number of piperidine rings is 1. The van der Waals surface area contributed by atoms with Crippen molar-refractivity contribution >= 4 is 21.8 Å². The molecule has 0 radical (unpaired) electrons. The Hall–Kier alpha value is -0.870. The summed E-state index contributed by atoms with van der Waals surface area (Å²) in [4.78, 5) is 14.7. The van der Waals surface area contributed by atoms with Crippen LogP contribution < -0.4 is 5.32 Å². The van der Waals surface area contributed by atoms with E-state index in [1.165, 1.54) is 32.4 Å². The Bertz CT molecular complexity index is 484. The second-order valence-electron chi connectivity index (χ2n) is 6.14. The number of aryl methyl sites for hydroxylation is 1. The van der Waals surface area contributed by atoms with Crippen molar-refractivity contribution in [2.45, 2.75) is 33.1 Å². The largest absolute Gasteiger partial charge is 0.352 e. The first kappa shape index (κ1) is 16.5. The highest BCUT2D eigenvalue weighted by molar-refractivity contribution is 9.10. The van der Waals surface area contributed by atoms with Crippen molar-refractivity contribution in [1.29, 1.82) is 0 Å². The summed E-state index contributed by atoms with van der Waals surface area (Å²) >= 11 is 3.46. The normalized spacial score (nSPS) is 17.5. The van der Waals surface area contributed by atoms with Crippen molar-refractivity contribution in [2.24, 2.45) is 5.92 Å². The number of hydrogen-bond donors (Lipinski definition) is 1. The summed E-state index contributed by atoms with van der Waals surface area (Å²) in [6.45, 7) is 8.46. The maximum Gasteiger partial charge on any atom is 0.251 e. The molecule has 0 aliphatic carbocycles. The number of benzene rings is 1. The third-order valence-corrected chi connectivity index (χ3v) is 4.94.